The highest BCUT2D eigenvalue weighted by molar-refractivity contribution is 8.07. The molecule has 0 saturated carbocycles. The molecule has 2 aromatic rings. The van der Waals surface area contributed by atoms with Gasteiger partial charge in [-0.25, -0.2) is 0 Å². The number of hydrogen-bond donors (Lipinski definition) is 0. The minimum absolute atomic E-state index is 0.00860. The van der Waals surface area contributed by atoms with E-state index in [0.29, 0.717) is 5.78 Å². The van der Waals surface area contributed by atoms with Gasteiger partial charge in [0.1, 0.15) is 5.75 Å². The summed E-state index contributed by atoms with van der Waals surface area (Å²) < 4.78 is 0. The van der Waals surface area contributed by atoms with E-state index in [2.05, 4.69) is 50.2 Å². The lowest BCUT2D eigenvalue weighted by atomic mass is 9.97. The molecule has 1 unspecified atom stereocenters. The summed E-state index contributed by atoms with van der Waals surface area (Å²) >= 11 is 0. The first-order valence-corrected chi connectivity index (χ1v) is 9.32. The van der Waals surface area contributed by atoms with E-state index < -0.39 is 0 Å². The molecule has 0 spiro atoms. The molecule has 1 aliphatic heterocycles. The highest BCUT2D eigenvalue weighted by atomic mass is 32.2. The smallest absolute Gasteiger partial charge is 0.221 e. The Morgan fingerprint density at radius 1 is 0.864 bits per heavy atom. The van der Waals surface area contributed by atoms with Gasteiger partial charge in [-0.1, -0.05) is 55.5 Å². The van der Waals surface area contributed by atoms with Crippen LogP contribution in [0, 0.1) is 0 Å². The number of carbonyl (C=O) groups is 1. The Labute approximate surface area is 135 Å². The van der Waals surface area contributed by atoms with Gasteiger partial charge < -0.3 is 0 Å². The predicted octanol–water partition coefficient (Wildman–Crippen LogP) is 4.55. The second kappa shape index (κ2) is 6.53. The molecule has 0 radical (unpaired) electrons. The SMILES string of the molecule is CC[C@H]1C(=O)C(c2ccccc2)=C(c2ccccc2)[S+]1CC. The summed E-state index contributed by atoms with van der Waals surface area (Å²) in [6.45, 7) is 4.34. The minimum Gasteiger partial charge on any atom is -0.288 e. The van der Waals surface area contributed by atoms with E-state index in [1.807, 2.05) is 24.3 Å². The van der Waals surface area contributed by atoms with Crippen molar-refractivity contribution in [2.75, 3.05) is 5.75 Å². The van der Waals surface area contributed by atoms with Crippen LogP contribution in [0.5, 0.6) is 0 Å². The summed E-state index contributed by atoms with van der Waals surface area (Å²) in [4.78, 5) is 14.3. The van der Waals surface area contributed by atoms with Gasteiger partial charge in [0.05, 0.1) is 5.57 Å². The maximum atomic E-state index is 13.0. The van der Waals surface area contributed by atoms with Crippen LogP contribution in [0.3, 0.4) is 0 Å². The summed E-state index contributed by atoms with van der Waals surface area (Å²) in [6.07, 6.45) is 0.919. The van der Waals surface area contributed by atoms with Crippen molar-refractivity contribution in [3.8, 4) is 0 Å². The molecule has 2 heteroatoms. The third-order valence-electron chi connectivity index (χ3n) is 4.15. The Bertz CT molecular complexity index is 688. The molecule has 0 aliphatic carbocycles. The average molecular weight is 309 g/mol. The van der Waals surface area contributed by atoms with Crippen molar-refractivity contribution in [2.24, 2.45) is 0 Å². The summed E-state index contributed by atoms with van der Waals surface area (Å²) in [6, 6.07) is 20.6. The lowest BCUT2D eigenvalue weighted by molar-refractivity contribution is -0.113. The average Bonchev–Trinajstić information content (AvgIpc) is 2.88. The van der Waals surface area contributed by atoms with E-state index in [4.69, 9.17) is 0 Å². The number of benzene rings is 2. The van der Waals surface area contributed by atoms with E-state index in [1.54, 1.807) is 0 Å². The second-order valence-corrected chi connectivity index (χ2v) is 7.83. The fourth-order valence-corrected chi connectivity index (χ4v) is 5.84. The number of Topliss-reactive ketones (excluding diaryl/α,β-unsaturated/α-hetero) is 1. The van der Waals surface area contributed by atoms with Gasteiger partial charge in [-0.2, -0.15) is 0 Å². The molecule has 0 aromatic heterocycles. The van der Waals surface area contributed by atoms with Gasteiger partial charge in [0.15, 0.2) is 10.2 Å². The molecule has 0 N–H and O–H groups in total. The summed E-state index contributed by atoms with van der Waals surface area (Å²) in [5.74, 6) is 1.36. The molecule has 1 heterocycles. The van der Waals surface area contributed by atoms with Gasteiger partial charge in [-0.05, 0) is 24.6 Å². The molecule has 2 atom stereocenters. The zero-order valence-electron chi connectivity index (χ0n) is 13.1. The first-order valence-electron chi connectivity index (χ1n) is 7.87. The number of rotatable bonds is 4. The van der Waals surface area contributed by atoms with Crippen molar-refractivity contribution in [1.82, 2.24) is 0 Å². The van der Waals surface area contributed by atoms with Gasteiger partial charge in [0.2, 0.25) is 5.78 Å². The van der Waals surface area contributed by atoms with Crippen molar-refractivity contribution in [1.29, 1.82) is 0 Å². The Morgan fingerprint density at radius 3 is 1.91 bits per heavy atom. The quantitative estimate of drug-likeness (QED) is 0.757. The zero-order chi connectivity index (χ0) is 15.5. The van der Waals surface area contributed by atoms with Crippen LogP contribution in [0.15, 0.2) is 60.7 Å². The van der Waals surface area contributed by atoms with Crippen LogP contribution in [0.25, 0.3) is 10.5 Å². The molecular weight excluding hydrogens is 288 g/mol. The third kappa shape index (κ3) is 2.52. The standard InChI is InChI=1S/C20H21OS/c1-3-17-19(21)18(15-11-7-5-8-12-15)20(22(17)4-2)16-13-9-6-10-14-16/h5-14,17H,3-4H2,1-2H3/q+1/t17-,22?/m0/s1. The number of ketones is 1. The van der Waals surface area contributed by atoms with Crippen LogP contribution in [-0.4, -0.2) is 16.8 Å². The van der Waals surface area contributed by atoms with Crippen LogP contribution in [-0.2, 0) is 15.7 Å². The fraction of sp³-hybridized carbons (Fsp3) is 0.250. The topological polar surface area (TPSA) is 17.1 Å². The van der Waals surface area contributed by atoms with E-state index in [1.165, 1.54) is 10.5 Å². The van der Waals surface area contributed by atoms with E-state index >= 15 is 0 Å². The van der Waals surface area contributed by atoms with Gasteiger partial charge in [-0.15, -0.1) is 0 Å². The molecule has 2 aromatic carbocycles. The van der Waals surface area contributed by atoms with Crippen LogP contribution in [0.2, 0.25) is 0 Å². The Kier molecular flexibility index (Phi) is 4.49. The molecule has 0 amide bonds. The molecule has 1 aliphatic rings. The van der Waals surface area contributed by atoms with E-state index in [-0.39, 0.29) is 16.1 Å². The summed E-state index contributed by atoms with van der Waals surface area (Å²) in [7, 11) is 0.00860. The maximum Gasteiger partial charge on any atom is 0.221 e. The summed E-state index contributed by atoms with van der Waals surface area (Å²) in [5, 5.41) is 0.149. The number of allylic oxidation sites excluding steroid dienone is 1. The van der Waals surface area contributed by atoms with E-state index in [9.17, 15) is 4.79 Å². The van der Waals surface area contributed by atoms with Gasteiger partial charge in [-0.3, -0.25) is 4.79 Å². The molecule has 3 rings (SSSR count). The Morgan fingerprint density at radius 2 is 1.41 bits per heavy atom. The molecular formula is C20H21OS+. The highest BCUT2D eigenvalue weighted by Gasteiger charge is 2.49. The zero-order valence-corrected chi connectivity index (χ0v) is 13.9. The monoisotopic (exact) mass is 309 g/mol. The highest BCUT2D eigenvalue weighted by Crippen LogP contribution is 2.43. The predicted molar refractivity (Wildman–Crippen MR) is 96.7 cm³/mol. The largest absolute Gasteiger partial charge is 0.288 e. The molecule has 0 saturated heterocycles. The van der Waals surface area contributed by atoms with Crippen LogP contribution >= 0.6 is 0 Å². The third-order valence-corrected chi connectivity index (χ3v) is 6.97. The lowest BCUT2D eigenvalue weighted by Crippen LogP contribution is -2.25. The minimum atomic E-state index is 0.00860. The second-order valence-electron chi connectivity index (χ2n) is 5.41. The number of carbonyl (C=O) groups excluding carboxylic acids is 1. The normalized spacial score (nSPS) is 21.5. The van der Waals surface area contributed by atoms with Crippen molar-refractivity contribution >= 4 is 27.2 Å². The van der Waals surface area contributed by atoms with Crippen LogP contribution in [0.1, 0.15) is 31.4 Å². The van der Waals surface area contributed by atoms with E-state index in [0.717, 1.165) is 23.3 Å². The first-order chi connectivity index (χ1) is 10.8. The van der Waals surface area contributed by atoms with Crippen LogP contribution in [0.4, 0.5) is 0 Å². The lowest BCUT2D eigenvalue weighted by Gasteiger charge is -2.09. The number of hydrogen-bond acceptors (Lipinski definition) is 1. The van der Waals surface area contributed by atoms with Crippen molar-refractivity contribution in [3.63, 3.8) is 0 Å². The Balaban J connectivity index is 2.23. The van der Waals surface area contributed by atoms with Gasteiger partial charge in [0, 0.05) is 22.9 Å². The molecule has 1 nitrogen and oxygen atoms in total. The van der Waals surface area contributed by atoms with Gasteiger partial charge in [0.25, 0.3) is 0 Å². The Hall–Kier alpha value is -1.80. The van der Waals surface area contributed by atoms with Crippen molar-refractivity contribution in [3.05, 3.63) is 71.8 Å². The van der Waals surface area contributed by atoms with Gasteiger partial charge >= 0.3 is 0 Å². The van der Waals surface area contributed by atoms with Crippen molar-refractivity contribution < 1.29 is 4.79 Å². The van der Waals surface area contributed by atoms with Crippen LogP contribution < -0.4 is 0 Å². The summed E-state index contributed by atoms with van der Waals surface area (Å²) in [5.41, 5.74) is 3.22. The first kappa shape index (κ1) is 15.1. The maximum absolute atomic E-state index is 13.0. The molecule has 0 bridgehead atoms. The fourth-order valence-electron chi connectivity index (χ4n) is 3.17. The molecule has 112 valence electrons. The molecule has 0 fully saturated rings. The van der Waals surface area contributed by atoms with Crippen molar-refractivity contribution in [2.45, 2.75) is 25.5 Å². The molecule has 22 heavy (non-hydrogen) atoms.